The molecule has 1 amide bonds. The van der Waals surface area contributed by atoms with Crippen molar-refractivity contribution in [1.29, 1.82) is 0 Å². The Labute approximate surface area is 110 Å². The smallest absolute Gasteiger partial charge is 0.222 e. The van der Waals surface area contributed by atoms with Crippen LogP contribution in [0.4, 0.5) is 0 Å². The van der Waals surface area contributed by atoms with E-state index in [0.717, 1.165) is 45.4 Å². The molecule has 2 atom stereocenters. The van der Waals surface area contributed by atoms with Gasteiger partial charge in [0.25, 0.3) is 0 Å². The van der Waals surface area contributed by atoms with E-state index in [2.05, 4.69) is 0 Å². The van der Waals surface area contributed by atoms with E-state index in [1.165, 1.54) is 6.42 Å². The van der Waals surface area contributed by atoms with E-state index >= 15 is 0 Å². The largest absolute Gasteiger partial charge is 0.384 e. The van der Waals surface area contributed by atoms with Gasteiger partial charge in [0.05, 0.1) is 0 Å². The van der Waals surface area contributed by atoms with Crippen LogP contribution in [0.2, 0.25) is 0 Å². The van der Waals surface area contributed by atoms with Crippen molar-refractivity contribution in [3.63, 3.8) is 0 Å². The standard InChI is InChI=1S/C14H26N2O2/c1-18-10-11-5-7-16(8-6-11)14(17)9-12-3-2-4-13(12)15/h11-13H,2-10,15H2,1H3/t12-,13+/m0/s1. The summed E-state index contributed by atoms with van der Waals surface area (Å²) in [5, 5.41) is 0. The molecular weight excluding hydrogens is 228 g/mol. The van der Waals surface area contributed by atoms with Gasteiger partial charge in [-0.25, -0.2) is 0 Å². The Balaban J connectivity index is 1.73. The zero-order valence-electron chi connectivity index (χ0n) is 11.4. The Morgan fingerprint density at radius 3 is 2.56 bits per heavy atom. The fraction of sp³-hybridized carbons (Fsp3) is 0.929. The van der Waals surface area contributed by atoms with Gasteiger partial charge in [-0.1, -0.05) is 6.42 Å². The highest BCUT2D eigenvalue weighted by molar-refractivity contribution is 5.76. The summed E-state index contributed by atoms with van der Waals surface area (Å²) in [6.07, 6.45) is 6.23. The van der Waals surface area contributed by atoms with Crippen LogP contribution in [0.15, 0.2) is 0 Å². The third-order valence-corrected chi connectivity index (χ3v) is 4.52. The van der Waals surface area contributed by atoms with Gasteiger partial charge in [0, 0.05) is 39.3 Å². The first kappa shape index (κ1) is 13.8. The van der Waals surface area contributed by atoms with Crippen LogP contribution in [0.1, 0.15) is 38.5 Å². The van der Waals surface area contributed by atoms with E-state index in [-0.39, 0.29) is 6.04 Å². The Morgan fingerprint density at radius 1 is 1.28 bits per heavy atom. The van der Waals surface area contributed by atoms with Gasteiger partial charge in [-0.15, -0.1) is 0 Å². The number of likely N-dealkylation sites (tertiary alicyclic amines) is 1. The van der Waals surface area contributed by atoms with E-state index in [9.17, 15) is 4.79 Å². The third kappa shape index (κ3) is 3.45. The van der Waals surface area contributed by atoms with Crippen molar-refractivity contribution in [1.82, 2.24) is 4.90 Å². The summed E-state index contributed by atoms with van der Waals surface area (Å²) >= 11 is 0. The first-order valence-electron chi connectivity index (χ1n) is 7.23. The SMILES string of the molecule is COCC1CCN(C(=O)C[C@@H]2CCC[C@H]2N)CC1. The summed E-state index contributed by atoms with van der Waals surface area (Å²) in [6, 6.07) is 0.250. The maximum absolute atomic E-state index is 12.2. The zero-order chi connectivity index (χ0) is 13.0. The first-order valence-corrected chi connectivity index (χ1v) is 7.23. The fourth-order valence-electron chi connectivity index (χ4n) is 3.26. The number of nitrogens with two attached hydrogens (primary N) is 1. The Hall–Kier alpha value is -0.610. The van der Waals surface area contributed by atoms with Crippen molar-refractivity contribution in [3.05, 3.63) is 0 Å². The van der Waals surface area contributed by atoms with Gasteiger partial charge in [-0.2, -0.15) is 0 Å². The summed E-state index contributed by atoms with van der Waals surface area (Å²) in [4.78, 5) is 14.2. The van der Waals surface area contributed by atoms with Crippen LogP contribution in [-0.4, -0.2) is 43.7 Å². The van der Waals surface area contributed by atoms with Gasteiger partial charge in [0.15, 0.2) is 0 Å². The lowest BCUT2D eigenvalue weighted by Crippen LogP contribution is -2.41. The molecule has 104 valence electrons. The van der Waals surface area contributed by atoms with Crippen molar-refractivity contribution < 1.29 is 9.53 Å². The number of hydrogen-bond donors (Lipinski definition) is 1. The van der Waals surface area contributed by atoms with Crippen LogP contribution >= 0.6 is 0 Å². The normalized spacial score (nSPS) is 29.8. The van der Waals surface area contributed by atoms with Gasteiger partial charge in [-0.3, -0.25) is 4.79 Å². The van der Waals surface area contributed by atoms with E-state index in [1.54, 1.807) is 7.11 Å². The molecule has 0 spiro atoms. The molecule has 1 heterocycles. The molecule has 2 rings (SSSR count). The average Bonchev–Trinajstić information content (AvgIpc) is 2.76. The molecule has 4 nitrogen and oxygen atoms in total. The first-order chi connectivity index (χ1) is 8.70. The lowest BCUT2D eigenvalue weighted by molar-refractivity contribution is -0.133. The molecule has 2 aliphatic rings. The average molecular weight is 254 g/mol. The lowest BCUT2D eigenvalue weighted by Gasteiger charge is -2.32. The second-order valence-corrected chi connectivity index (χ2v) is 5.84. The molecule has 0 bridgehead atoms. The van der Waals surface area contributed by atoms with Crippen molar-refractivity contribution >= 4 is 5.91 Å². The molecular formula is C14H26N2O2. The fourth-order valence-corrected chi connectivity index (χ4v) is 3.26. The topological polar surface area (TPSA) is 55.6 Å². The monoisotopic (exact) mass is 254 g/mol. The van der Waals surface area contributed by atoms with Crippen molar-refractivity contribution in [2.24, 2.45) is 17.6 Å². The van der Waals surface area contributed by atoms with Gasteiger partial charge >= 0.3 is 0 Å². The van der Waals surface area contributed by atoms with E-state index in [4.69, 9.17) is 10.5 Å². The molecule has 1 saturated heterocycles. The maximum atomic E-state index is 12.2. The van der Waals surface area contributed by atoms with Crippen LogP contribution in [0, 0.1) is 11.8 Å². The van der Waals surface area contributed by atoms with Crippen LogP contribution in [0.25, 0.3) is 0 Å². The van der Waals surface area contributed by atoms with Gasteiger partial charge in [0.1, 0.15) is 0 Å². The predicted molar refractivity (Wildman–Crippen MR) is 71.1 cm³/mol. The second-order valence-electron chi connectivity index (χ2n) is 5.84. The highest BCUT2D eigenvalue weighted by Crippen LogP contribution is 2.28. The molecule has 0 aromatic carbocycles. The number of carbonyl (C=O) groups is 1. The maximum Gasteiger partial charge on any atom is 0.222 e. The van der Waals surface area contributed by atoms with Crippen molar-refractivity contribution in [3.8, 4) is 0 Å². The number of carbonyl (C=O) groups excluding carboxylic acids is 1. The summed E-state index contributed by atoms with van der Waals surface area (Å²) in [5.41, 5.74) is 6.03. The molecule has 0 aromatic rings. The molecule has 1 aliphatic carbocycles. The Kier molecular flexibility index (Phi) is 5.01. The molecule has 18 heavy (non-hydrogen) atoms. The number of methoxy groups -OCH3 is 1. The molecule has 0 radical (unpaired) electrons. The highest BCUT2D eigenvalue weighted by atomic mass is 16.5. The molecule has 0 aromatic heterocycles. The molecule has 0 unspecified atom stereocenters. The number of rotatable bonds is 4. The molecule has 1 saturated carbocycles. The number of piperidine rings is 1. The predicted octanol–water partition coefficient (Wildman–Crippen LogP) is 1.39. The van der Waals surface area contributed by atoms with Crippen LogP contribution in [0.3, 0.4) is 0 Å². The molecule has 4 heteroatoms. The van der Waals surface area contributed by atoms with Crippen LogP contribution in [0.5, 0.6) is 0 Å². The summed E-state index contributed by atoms with van der Waals surface area (Å²) in [7, 11) is 1.75. The molecule has 2 N–H and O–H groups in total. The molecule has 1 aliphatic heterocycles. The molecule has 2 fully saturated rings. The highest BCUT2D eigenvalue weighted by Gasteiger charge is 2.29. The minimum Gasteiger partial charge on any atom is -0.384 e. The number of hydrogen-bond acceptors (Lipinski definition) is 3. The zero-order valence-corrected chi connectivity index (χ0v) is 11.4. The second kappa shape index (κ2) is 6.53. The lowest BCUT2D eigenvalue weighted by atomic mass is 9.95. The van der Waals surface area contributed by atoms with E-state index in [0.29, 0.717) is 24.2 Å². The minimum absolute atomic E-state index is 0.250. The number of amides is 1. The summed E-state index contributed by atoms with van der Waals surface area (Å²) in [5.74, 6) is 1.37. The Morgan fingerprint density at radius 2 is 2.00 bits per heavy atom. The summed E-state index contributed by atoms with van der Waals surface area (Å²) in [6.45, 7) is 2.62. The quantitative estimate of drug-likeness (QED) is 0.825. The van der Waals surface area contributed by atoms with Crippen molar-refractivity contribution in [2.75, 3.05) is 26.8 Å². The van der Waals surface area contributed by atoms with Crippen LogP contribution < -0.4 is 5.73 Å². The van der Waals surface area contributed by atoms with Crippen LogP contribution in [-0.2, 0) is 9.53 Å². The van der Waals surface area contributed by atoms with Gasteiger partial charge in [-0.05, 0) is 37.5 Å². The number of nitrogens with zero attached hydrogens (tertiary/aromatic N) is 1. The minimum atomic E-state index is 0.250. The van der Waals surface area contributed by atoms with Gasteiger partial charge in [0.2, 0.25) is 5.91 Å². The van der Waals surface area contributed by atoms with Gasteiger partial charge < -0.3 is 15.4 Å². The van der Waals surface area contributed by atoms with E-state index < -0.39 is 0 Å². The third-order valence-electron chi connectivity index (χ3n) is 4.52. The Bertz CT molecular complexity index is 275. The van der Waals surface area contributed by atoms with Crippen molar-refractivity contribution in [2.45, 2.75) is 44.6 Å². The summed E-state index contributed by atoms with van der Waals surface area (Å²) < 4.78 is 5.18. The van der Waals surface area contributed by atoms with E-state index in [1.807, 2.05) is 4.90 Å². The number of ether oxygens (including phenoxy) is 1.